The molecule has 2 aromatic rings. The predicted molar refractivity (Wildman–Crippen MR) is 106 cm³/mol. The topological polar surface area (TPSA) is 73.2 Å². The first kappa shape index (κ1) is 18.5. The summed E-state index contributed by atoms with van der Waals surface area (Å²) in [4.78, 5) is 29.1. The van der Waals surface area contributed by atoms with Gasteiger partial charge in [0.1, 0.15) is 6.04 Å². The summed E-state index contributed by atoms with van der Waals surface area (Å²) >= 11 is 3.09. The van der Waals surface area contributed by atoms with Crippen LogP contribution >= 0.6 is 23.1 Å². The van der Waals surface area contributed by atoms with Gasteiger partial charge in [0, 0.05) is 16.3 Å². The number of rotatable bonds is 4. The van der Waals surface area contributed by atoms with Crippen LogP contribution in [0.15, 0.2) is 30.3 Å². The number of nitrogens with zero attached hydrogens (tertiary/aromatic N) is 2. The van der Waals surface area contributed by atoms with Gasteiger partial charge in [0.2, 0.25) is 5.91 Å². The monoisotopic (exact) mass is 385 g/mol. The number of nitriles is 1. The summed E-state index contributed by atoms with van der Waals surface area (Å²) in [7, 11) is 0. The van der Waals surface area contributed by atoms with Crippen molar-refractivity contribution in [2.45, 2.75) is 26.3 Å². The molecule has 0 bridgehead atoms. The molecule has 3 rings (SSSR count). The molecule has 1 aromatic heterocycles. The van der Waals surface area contributed by atoms with Crippen LogP contribution in [0, 0.1) is 18.3 Å². The maximum Gasteiger partial charge on any atom is 0.265 e. The van der Waals surface area contributed by atoms with Gasteiger partial charge in [-0.05, 0) is 49.2 Å². The second-order valence-corrected chi connectivity index (χ2v) is 8.18. The first-order chi connectivity index (χ1) is 12.5. The number of anilines is 1. The Morgan fingerprint density at radius 3 is 2.69 bits per heavy atom. The minimum Gasteiger partial charge on any atom is -0.324 e. The summed E-state index contributed by atoms with van der Waals surface area (Å²) in [6.07, 6.45) is 0.904. The van der Waals surface area contributed by atoms with Crippen molar-refractivity contribution in [3.63, 3.8) is 0 Å². The molecule has 7 heteroatoms. The van der Waals surface area contributed by atoms with Gasteiger partial charge >= 0.3 is 0 Å². The van der Waals surface area contributed by atoms with Crippen molar-refractivity contribution in [3.05, 3.63) is 51.2 Å². The molecule has 0 spiro atoms. The van der Waals surface area contributed by atoms with E-state index in [1.807, 2.05) is 19.1 Å². The molecule has 26 heavy (non-hydrogen) atoms. The molecule has 5 nitrogen and oxygen atoms in total. The maximum absolute atomic E-state index is 12.9. The van der Waals surface area contributed by atoms with Crippen molar-refractivity contribution in [3.8, 4) is 6.07 Å². The number of thioether (sulfide) groups is 1. The van der Waals surface area contributed by atoms with Gasteiger partial charge in [0.25, 0.3) is 5.91 Å². The highest BCUT2D eigenvalue weighted by molar-refractivity contribution is 7.99. The predicted octanol–water partition coefficient (Wildman–Crippen LogP) is 3.64. The van der Waals surface area contributed by atoms with Crippen molar-refractivity contribution in [1.82, 2.24) is 4.90 Å². The molecule has 1 atom stereocenters. The second kappa shape index (κ2) is 7.94. The number of nitrogens with one attached hydrogen (secondary N) is 1. The van der Waals surface area contributed by atoms with Crippen LogP contribution in [0.1, 0.15) is 32.6 Å². The Morgan fingerprint density at radius 2 is 2.08 bits per heavy atom. The van der Waals surface area contributed by atoms with E-state index in [9.17, 15) is 9.59 Å². The standard InChI is InChI=1S/C19H19N3O2S2/c1-3-16-12(2)8-17(26-16)19(24)22-11-25-10-15(22)18(23)21-14-6-4-13(9-20)5-7-14/h4-8,15H,3,10-11H2,1-2H3,(H,21,23). The van der Waals surface area contributed by atoms with E-state index in [1.165, 1.54) is 16.2 Å². The fourth-order valence-electron chi connectivity index (χ4n) is 2.83. The molecule has 1 saturated heterocycles. The van der Waals surface area contributed by atoms with E-state index in [1.54, 1.807) is 40.9 Å². The van der Waals surface area contributed by atoms with Crippen molar-refractivity contribution in [2.24, 2.45) is 0 Å². The minimum atomic E-state index is -0.490. The van der Waals surface area contributed by atoms with E-state index in [0.717, 1.165) is 12.0 Å². The van der Waals surface area contributed by atoms with E-state index >= 15 is 0 Å². The molecular formula is C19H19N3O2S2. The molecular weight excluding hydrogens is 366 g/mol. The molecule has 0 aliphatic carbocycles. The van der Waals surface area contributed by atoms with Crippen molar-refractivity contribution in [1.29, 1.82) is 5.26 Å². The first-order valence-electron chi connectivity index (χ1n) is 8.32. The number of carbonyl (C=O) groups is 2. The minimum absolute atomic E-state index is 0.0808. The molecule has 1 aliphatic heterocycles. The summed E-state index contributed by atoms with van der Waals surface area (Å²) in [6.45, 7) is 4.09. The summed E-state index contributed by atoms with van der Waals surface area (Å²) in [5, 5.41) is 11.7. The molecule has 1 unspecified atom stereocenters. The van der Waals surface area contributed by atoms with E-state index in [-0.39, 0.29) is 11.8 Å². The molecule has 1 fully saturated rings. The zero-order valence-electron chi connectivity index (χ0n) is 14.6. The lowest BCUT2D eigenvalue weighted by Gasteiger charge is -2.22. The third kappa shape index (κ3) is 3.76. The quantitative estimate of drug-likeness (QED) is 0.872. The van der Waals surface area contributed by atoms with Crippen LogP contribution in [0.3, 0.4) is 0 Å². The third-order valence-corrected chi connectivity index (χ3v) is 6.66. The Hall–Kier alpha value is -2.30. The number of benzene rings is 1. The van der Waals surface area contributed by atoms with E-state index in [0.29, 0.717) is 27.8 Å². The third-order valence-electron chi connectivity index (χ3n) is 4.28. The second-order valence-electron chi connectivity index (χ2n) is 6.04. The van der Waals surface area contributed by atoms with Crippen LogP contribution in [-0.2, 0) is 11.2 Å². The van der Waals surface area contributed by atoms with Gasteiger partial charge in [-0.25, -0.2) is 0 Å². The molecule has 1 aliphatic rings. The zero-order valence-corrected chi connectivity index (χ0v) is 16.2. The molecule has 134 valence electrons. The molecule has 0 saturated carbocycles. The van der Waals surface area contributed by atoms with Crippen LogP contribution in [0.5, 0.6) is 0 Å². The average Bonchev–Trinajstić information content (AvgIpc) is 3.28. The Morgan fingerprint density at radius 1 is 1.35 bits per heavy atom. The van der Waals surface area contributed by atoms with Gasteiger partial charge in [-0.3, -0.25) is 9.59 Å². The Bertz CT molecular complexity index is 868. The lowest BCUT2D eigenvalue weighted by atomic mass is 10.2. The molecule has 2 amide bonds. The van der Waals surface area contributed by atoms with Crippen LogP contribution in [0.2, 0.25) is 0 Å². The molecule has 2 heterocycles. The van der Waals surface area contributed by atoms with Gasteiger partial charge < -0.3 is 10.2 Å². The Kier molecular flexibility index (Phi) is 5.64. The number of hydrogen-bond donors (Lipinski definition) is 1. The van der Waals surface area contributed by atoms with Crippen molar-refractivity contribution in [2.75, 3.05) is 16.9 Å². The number of carbonyl (C=O) groups excluding carboxylic acids is 2. The van der Waals surface area contributed by atoms with Crippen LogP contribution in [0.4, 0.5) is 5.69 Å². The SMILES string of the molecule is CCc1sc(C(=O)N2CSCC2C(=O)Nc2ccc(C#N)cc2)cc1C. The Balaban J connectivity index is 1.73. The number of thiophene rings is 1. The fourth-order valence-corrected chi connectivity index (χ4v) is 5.06. The van der Waals surface area contributed by atoms with Crippen LogP contribution in [-0.4, -0.2) is 34.4 Å². The van der Waals surface area contributed by atoms with Gasteiger partial charge in [-0.2, -0.15) is 5.26 Å². The molecule has 0 radical (unpaired) electrons. The first-order valence-corrected chi connectivity index (χ1v) is 10.3. The van der Waals surface area contributed by atoms with Gasteiger partial charge in [0.15, 0.2) is 0 Å². The van der Waals surface area contributed by atoms with E-state index in [4.69, 9.17) is 5.26 Å². The highest BCUT2D eigenvalue weighted by Crippen LogP contribution is 2.29. The largest absolute Gasteiger partial charge is 0.324 e. The average molecular weight is 386 g/mol. The number of amides is 2. The lowest BCUT2D eigenvalue weighted by Crippen LogP contribution is -2.44. The van der Waals surface area contributed by atoms with Gasteiger partial charge in [-0.15, -0.1) is 23.1 Å². The maximum atomic E-state index is 12.9. The van der Waals surface area contributed by atoms with E-state index < -0.39 is 6.04 Å². The van der Waals surface area contributed by atoms with Crippen LogP contribution < -0.4 is 5.32 Å². The summed E-state index contributed by atoms with van der Waals surface area (Å²) in [5.74, 6) is 0.821. The van der Waals surface area contributed by atoms with Crippen molar-refractivity contribution >= 4 is 40.6 Å². The lowest BCUT2D eigenvalue weighted by molar-refractivity contribution is -0.119. The number of hydrogen-bond acceptors (Lipinski definition) is 5. The normalized spacial score (nSPS) is 16.3. The summed E-state index contributed by atoms with van der Waals surface area (Å²) < 4.78 is 0. The van der Waals surface area contributed by atoms with Crippen molar-refractivity contribution < 1.29 is 9.59 Å². The summed E-state index contributed by atoms with van der Waals surface area (Å²) in [6, 6.07) is 10.2. The van der Waals surface area contributed by atoms with Gasteiger partial charge in [-0.1, -0.05) is 6.92 Å². The molecule has 1 aromatic carbocycles. The zero-order chi connectivity index (χ0) is 18.7. The van der Waals surface area contributed by atoms with Gasteiger partial charge in [0.05, 0.1) is 22.4 Å². The highest BCUT2D eigenvalue weighted by atomic mass is 32.2. The summed E-state index contributed by atoms with van der Waals surface area (Å²) in [5.41, 5.74) is 2.29. The number of aryl methyl sites for hydroxylation is 2. The smallest absolute Gasteiger partial charge is 0.265 e. The highest BCUT2D eigenvalue weighted by Gasteiger charge is 2.35. The van der Waals surface area contributed by atoms with E-state index in [2.05, 4.69) is 12.2 Å². The Labute approximate surface area is 161 Å². The molecule has 1 N–H and O–H groups in total. The van der Waals surface area contributed by atoms with Crippen LogP contribution in [0.25, 0.3) is 0 Å². The fraction of sp³-hybridized carbons (Fsp3) is 0.316.